The Balaban J connectivity index is 1.83. The van der Waals surface area contributed by atoms with Crippen LogP contribution in [0, 0.1) is 0 Å². The normalized spacial score (nSPS) is 17.5. The monoisotopic (exact) mass is 318 g/mol. The van der Waals surface area contributed by atoms with E-state index in [4.69, 9.17) is 0 Å². The van der Waals surface area contributed by atoms with Gasteiger partial charge >= 0.3 is 0 Å². The molecule has 0 bridgehead atoms. The number of likely N-dealkylation sites (N-methyl/N-ethyl adjacent to an activating group) is 1. The molecule has 1 aromatic heterocycles. The van der Waals surface area contributed by atoms with Gasteiger partial charge in [-0.1, -0.05) is 12.1 Å². The summed E-state index contributed by atoms with van der Waals surface area (Å²) >= 11 is 0. The highest BCUT2D eigenvalue weighted by Crippen LogP contribution is 2.21. The van der Waals surface area contributed by atoms with Crippen LogP contribution in [0.5, 0.6) is 0 Å². The third kappa shape index (κ3) is 3.01. The van der Waals surface area contributed by atoms with Crippen LogP contribution in [0.15, 0.2) is 47.8 Å². The first-order valence-corrected chi connectivity index (χ1v) is 8.56. The predicted octanol–water partition coefficient (Wildman–Crippen LogP) is 1.08. The molecule has 0 aliphatic carbocycles. The average Bonchev–Trinajstić information content (AvgIpc) is 2.56. The molecule has 1 aliphatic rings. The Morgan fingerprint density at radius 1 is 1.00 bits per heavy atom. The van der Waals surface area contributed by atoms with Gasteiger partial charge in [0.1, 0.15) is 6.33 Å². The molecule has 3 rings (SSSR count). The van der Waals surface area contributed by atoms with Crippen LogP contribution < -0.4 is 0 Å². The van der Waals surface area contributed by atoms with Gasteiger partial charge in [-0.05, 0) is 25.2 Å². The lowest BCUT2D eigenvalue weighted by Crippen LogP contribution is -2.46. The van der Waals surface area contributed by atoms with Gasteiger partial charge in [0.15, 0.2) is 0 Å². The summed E-state index contributed by atoms with van der Waals surface area (Å²) in [5, 5.41) is 0. The van der Waals surface area contributed by atoms with Crippen LogP contribution in [0.2, 0.25) is 0 Å². The molecule has 1 fully saturated rings. The Labute approximate surface area is 130 Å². The van der Waals surface area contributed by atoms with Gasteiger partial charge in [-0.2, -0.15) is 4.31 Å². The minimum atomic E-state index is -3.41. The van der Waals surface area contributed by atoms with Gasteiger partial charge < -0.3 is 4.90 Å². The largest absolute Gasteiger partial charge is 0.304 e. The van der Waals surface area contributed by atoms with Crippen LogP contribution in [-0.4, -0.2) is 60.8 Å². The van der Waals surface area contributed by atoms with Gasteiger partial charge in [0, 0.05) is 37.9 Å². The number of sulfonamides is 1. The van der Waals surface area contributed by atoms with E-state index in [9.17, 15) is 8.42 Å². The van der Waals surface area contributed by atoms with Crippen LogP contribution in [0.3, 0.4) is 0 Å². The lowest BCUT2D eigenvalue weighted by Gasteiger charge is -2.31. The number of nitrogens with zero attached hydrogens (tertiary/aromatic N) is 4. The molecule has 0 N–H and O–H groups in total. The van der Waals surface area contributed by atoms with Crippen molar-refractivity contribution in [3.05, 3.63) is 42.9 Å². The van der Waals surface area contributed by atoms with Crippen molar-refractivity contribution in [2.75, 3.05) is 33.2 Å². The maximum Gasteiger partial charge on any atom is 0.243 e. The number of rotatable bonds is 3. The highest BCUT2D eigenvalue weighted by molar-refractivity contribution is 7.89. The molecule has 0 unspecified atom stereocenters. The van der Waals surface area contributed by atoms with E-state index in [1.165, 1.54) is 6.33 Å². The molecule has 6 nitrogen and oxygen atoms in total. The Morgan fingerprint density at radius 3 is 2.27 bits per heavy atom. The summed E-state index contributed by atoms with van der Waals surface area (Å²) in [7, 11) is -1.41. The molecular weight excluding hydrogens is 300 g/mol. The first kappa shape index (κ1) is 15.1. The second-order valence-corrected chi connectivity index (χ2v) is 7.26. The van der Waals surface area contributed by atoms with E-state index >= 15 is 0 Å². The highest BCUT2D eigenvalue weighted by atomic mass is 32.2. The van der Waals surface area contributed by atoms with Crippen molar-refractivity contribution in [1.29, 1.82) is 0 Å². The van der Waals surface area contributed by atoms with Crippen molar-refractivity contribution in [2.45, 2.75) is 4.90 Å². The molecule has 0 saturated carbocycles. The molecule has 2 aromatic rings. The van der Waals surface area contributed by atoms with E-state index in [-0.39, 0.29) is 0 Å². The second-order valence-electron chi connectivity index (χ2n) is 5.33. The molecule has 116 valence electrons. The minimum absolute atomic E-state index is 0.329. The Kier molecular flexibility index (Phi) is 4.19. The zero-order valence-corrected chi connectivity index (χ0v) is 13.2. The van der Waals surface area contributed by atoms with E-state index in [1.807, 2.05) is 7.05 Å². The smallest absolute Gasteiger partial charge is 0.243 e. The molecule has 7 heteroatoms. The second kappa shape index (κ2) is 6.12. The van der Waals surface area contributed by atoms with Crippen LogP contribution in [0.4, 0.5) is 0 Å². The van der Waals surface area contributed by atoms with Gasteiger partial charge in [0.25, 0.3) is 0 Å². The summed E-state index contributed by atoms with van der Waals surface area (Å²) in [4.78, 5) is 10.5. The van der Waals surface area contributed by atoms with E-state index < -0.39 is 10.0 Å². The van der Waals surface area contributed by atoms with Crippen molar-refractivity contribution in [3.8, 4) is 11.3 Å². The molecule has 1 saturated heterocycles. The molecular formula is C15H18N4O2S. The molecule has 1 aromatic carbocycles. The number of piperazine rings is 1. The topological polar surface area (TPSA) is 66.4 Å². The fourth-order valence-corrected chi connectivity index (χ4v) is 3.86. The van der Waals surface area contributed by atoms with E-state index in [0.717, 1.165) is 24.3 Å². The van der Waals surface area contributed by atoms with Crippen molar-refractivity contribution >= 4 is 10.0 Å². The van der Waals surface area contributed by atoms with Gasteiger partial charge in [0.2, 0.25) is 10.0 Å². The molecule has 0 spiro atoms. The van der Waals surface area contributed by atoms with Crippen LogP contribution in [0.25, 0.3) is 11.3 Å². The lowest BCUT2D eigenvalue weighted by molar-refractivity contribution is 0.222. The summed E-state index contributed by atoms with van der Waals surface area (Å²) in [6, 6.07) is 8.65. The van der Waals surface area contributed by atoms with Crippen LogP contribution in [-0.2, 0) is 10.0 Å². The number of hydrogen-bond acceptors (Lipinski definition) is 5. The number of hydrogen-bond donors (Lipinski definition) is 0. The van der Waals surface area contributed by atoms with E-state index in [2.05, 4.69) is 14.9 Å². The van der Waals surface area contributed by atoms with Gasteiger partial charge in [-0.25, -0.2) is 18.4 Å². The fraction of sp³-hybridized carbons (Fsp3) is 0.333. The lowest BCUT2D eigenvalue weighted by atomic mass is 10.1. The number of benzene rings is 1. The molecule has 1 aliphatic heterocycles. The van der Waals surface area contributed by atoms with Gasteiger partial charge in [-0.3, -0.25) is 0 Å². The summed E-state index contributed by atoms with van der Waals surface area (Å²) in [6.45, 7) is 2.59. The zero-order chi connectivity index (χ0) is 15.6. The van der Waals surface area contributed by atoms with Gasteiger partial charge in [0.05, 0.1) is 10.6 Å². The minimum Gasteiger partial charge on any atom is -0.304 e. The standard InChI is InChI=1S/C15H18N4O2S/c1-18-8-10-19(11-9-18)22(20,21)14-4-2-13(3-5-14)15-6-7-16-12-17-15/h2-7,12H,8-11H2,1H3. The van der Waals surface area contributed by atoms with Crippen molar-refractivity contribution in [2.24, 2.45) is 0 Å². The van der Waals surface area contributed by atoms with Crippen molar-refractivity contribution in [1.82, 2.24) is 19.2 Å². The Hall–Kier alpha value is -1.83. The maximum absolute atomic E-state index is 12.6. The highest BCUT2D eigenvalue weighted by Gasteiger charge is 2.27. The summed E-state index contributed by atoms with van der Waals surface area (Å²) in [5.41, 5.74) is 1.65. The van der Waals surface area contributed by atoms with E-state index in [0.29, 0.717) is 18.0 Å². The Bertz CT molecular complexity index is 724. The summed E-state index contributed by atoms with van der Waals surface area (Å²) in [5.74, 6) is 0. The summed E-state index contributed by atoms with van der Waals surface area (Å²) < 4.78 is 26.8. The zero-order valence-electron chi connectivity index (χ0n) is 12.4. The van der Waals surface area contributed by atoms with E-state index in [1.54, 1.807) is 40.8 Å². The predicted molar refractivity (Wildman–Crippen MR) is 83.7 cm³/mol. The summed E-state index contributed by atoms with van der Waals surface area (Å²) in [6.07, 6.45) is 3.14. The Morgan fingerprint density at radius 2 is 1.68 bits per heavy atom. The van der Waals surface area contributed by atoms with Crippen molar-refractivity contribution in [3.63, 3.8) is 0 Å². The number of aromatic nitrogens is 2. The molecule has 0 amide bonds. The average molecular weight is 318 g/mol. The SMILES string of the molecule is CN1CCN(S(=O)(=O)c2ccc(-c3ccncn3)cc2)CC1. The van der Waals surface area contributed by atoms with Crippen molar-refractivity contribution < 1.29 is 8.42 Å². The molecule has 2 heterocycles. The van der Waals surface area contributed by atoms with Gasteiger partial charge in [-0.15, -0.1) is 0 Å². The fourth-order valence-electron chi connectivity index (χ4n) is 2.44. The first-order valence-electron chi connectivity index (χ1n) is 7.12. The molecule has 0 atom stereocenters. The molecule has 22 heavy (non-hydrogen) atoms. The quantitative estimate of drug-likeness (QED) is 0.847. The third-order valence-electron chi connectivity index (χ3n) is 3.83. The first-order chi connectivity index (χ1) is 10.6. The van der Waals surface area contributed by atoms with Crippen LogP contribution >= 0.6 is 0 Å². The van der Waals surface area contributed by atoms with Crippen LogP contribution in [0.1, 0.15) is 0 Å². The molecule has 0 radical (unpaired) electrons. The third-order valence-corrected chi connectivity index (χ3v) is 5.74. The maximum atomic E-state index is 12.6.